The molecule has 0 aliphatic heterocycles. The molecule has 0 aliphatic carbocycles. The van der Waals surface area contributed by atoms with Crippen LogP contribution in [0.1, 0.15) is 33.6 Å². The highest BCUT2D eigenvalue weighted by molar-refractivity contribution is 4.93. The van der Waals surface area contributed by atoms with Gasteiger partial charge in [-0.15, -0.1) is 0 Å². The number of hydrogen-bond donors (Lipinski definition) is 0. The van der Waals surface area contributed by atoms with Crippen molar-refractivity contribution in [3.63, 3.8) is 0 Å². The molecule has 54 valence electrons. The van der Waals surface area contributed by atoms with Crippen molar-refractivity contribution in [3.05, 3.63) is 11.6 Å². The summed E-state index contributed by atoms with van der Waals surface area (Å²) in [5, 5.41) is 0. The highest BCUT2D eigenvalue weighted by Gasteiger charge is 1.97. The molecule has 0 radical (unpaired) electrons. The van der Waals surface area contributed by atoms with Gasteiger partial charge >= 0.3 is 0 Å². The summed E-state index contributed by atoms with van der Waals surface area (Å²) in [6.45, 7) is 5.84. The Morgan fingerprint density at radius 2 is 2.11 bits per heavy atom. The van der Waals surface area contributed by atoms with Crippen molar-refractivity contribution in [1.82, 2.24) is 0 Å². The van der Waals surface area contributed by atoms with E-state index in [0.29, 0.717) is 12.8 Å². The highest BCUT2D eigenvalue weighted by atomic mass is 19.1. The Hall–Kier alpha value is -0.330. The van der Waals surface area contributed by atoms with Crippen LogP contribution in [0.5, 0.6) is 0 Å². The van der Waals surface area contributed by atoms with E-state index >= 15 is 0 Å². The lowest BCUT2D eigenvalue weighted by molar-refractivity contribution is 0.327. The van der Waals surface area contributed by atoms with Gasteiger partial charge in [0.15, 0.2) is 0 Å². The third-order valence-electron chi connectivity index (χ3n) is 1.22. The number of allylic oxidation sites excluding steroid dienone is 2. The van der Waals surface area contributed by atoms with Crippen LogP contribution >= 0.6 is 0 Å². The Kier molecular flexibility index (Phi) is 4.37. The van der Waals surface area contributed by atoms with Crippen molar-refractivity contribution in [2.24, 2.45) is 0 Å². The van der Waals surface area contributed by atoms with E-state index in [1.165, 1.54) is 5.57 Å². The van der Waals surface area contributed by atoms with Crippen molar-refractivity contribution >= 4 is 0 Å². The number of hydrogen-bond acceptors (Lipinski definition) is 0. The molecule has 0 amide bonds. The largest absolute Gasteiger partial charge is 0.247 e. The average molecular weight is 130 g/mol. The van der Waals surface area contributed by atoms with Gasteiger partial charge in [-0.3, -0.25) is 0 Å². The molecule has 0 spiro atoms. The average Bonchev–Trinajstić information content (AvgIpc) is 1.83. The zero-order chi connectivity index (χ0) is 7.28. The lowest BCUT2D eigenvalue weighted by Crippen LogP contribution is -1.93. The molecule has 1 atom stereocenters. The zero-order valence-corrected chi connectivity index (χ0v) is 6.45. The molecule has 0 nitrogen and oxygen atoms in total. The standard InChI is InChI=1S/C8H15F/c1-4-8(9)6-5-7(2)3/h5,8H,4,6H2,1-3H3. The fourth-order valence-corrected chi connectivity index (χ4v) is 0.530. The molecule has 0 rings (SSSR count). The maximum absolute atomic E-state index is 12.4. The molecule has 0 aromatic carbocycles. The van der Waals surface area contributed by atoms with E-state index in [-0.39, 0.29) is 0 Å². The summed E-state index contributed by atoms with van der Waals surface area (Å²) in [6.07, 6.45) is 2.51. The van der Waals surface area contributed by atoms with Gasteiger partial charge in [0.1, 0.15) is 6.17 Å². The van der Waals surface area contributed by atoms with Gasteiger partial charge in [-0.2, -0.15) is 0 Å². The van der Waals surface area contributed by atoms with Crippen LogP contribution in [0.3, 0.4) is 0 Å². The second-order valence-electron chi connectivity index (χ2n) is 2.52. The van der Waals surface area contributed by atoms with Gasteiger partial charge in [0.25, 0.3) is 0 Å². The molecule has 0 aromatic rings. The van der Waals surface area contributed by atoms with Crippen LogP contribution in [0.25, 0.3) is 0 Å². The summed E-state index contributed by atoms with van der Waals surface area (Å²) < 4.78 is 12.4. The van der Waals surface area contributed by atoms with Crippen molar-refractivity contribution in [3.8, 4) is 0 Å². The zero-order valence-electron chi connectivity index (χ0n) is 6.45. The topological polar surface area (TPSA) is 0 Å². The number of alkyl halides is 1. The van der Waals surface area contributed by atoms with Crippen LogP contribution in [0.2, 0.25) is 0 Å². The second-order valence-corrected chi connectivity index (χ2v) is 2.52. The van der Waals surface area contributed by atoms with Gasteiger partial charge < -0.3 is 0 Å². The van der Waals surface area contributed by atoms with E-state index in [0.717, 1.165) is 0 Å². The molecule has 0 bridgehead atoms. The van der Waals surface area contributed by atoms with E-state index in [4.69, 9.17) is 0 Å². The molecule has 0 heterocycles. The summed E-state index contributed by atoms with van der Waals surface area (Å²) in [5.41, 5.74) is 1.20. The number of halogens is 1. The quantitative estimate of drug-likeness (QED) is 0.515. The Morgan fingerprint density at radius 1 is 1.56 bits per heavy atom. The summed E-state index contributed by atoms with van der Waals surface area (Å²) in [7, 11) is 0. The Labute approximate surface area is 56.8 Å². The van der Waals surface area contributed by atoms with Crippen LogP contribution in [0, 0.1) is 0 Å². The van der Waals surface area contributed by atoms with Crippen LogP contribution in [-0.4, -0.2) is 6.17 Å². The monoisotopic (exact) mass is 130 g/mol. The van der Waals surface area contributed by atoms with Crippen LogP contribution in [-0.2, 0) is 0 Å². The van der Waals surface area contributed by atoms with Crippen molar-refractivity contribution in [1.29, 1.82) is 0 Å². The van der Waals surface area contributed by atoms with Crippen molar-refractivity contribution in [2.75, 3.05) is 0 Å². The van der Waals surface area contributed by atoms with Gasteiger partial charge in [0.2, 0.25) is 0 Å². The maximum Gasteiger partial charge on any atom is 0.103 e. The Bertz CT molecular complexity index is 90.7. The maximum atomic E-state index is 12.4. The van der Waals surface area contributed by atoms with E-state index in [2.05, 4.69) is 0 Å². The van der Waals surface area contributed by atoms with E-state index in [9.17, 15) is 4.39 Å². The molecule has 0 saturated carbocycles. The molecule has 1 unspecified atom stereocenters. The Balaban J connectivity index is 3.37. The molecule has 0 N–H and O–H groups in total. The second kappa shape index (κ2) is 4.54. The van der Waals surface area contributed by atoms with E-state index in [1.54, 1.807) is 0 Å². The molecule has 0 aliphatic rings. The number of rotatable bonds is 3. The van der Waals surface area contributed by atoms with Crippen molar-refractivity contribution < 1.29 is 4.39 Å². The molecular weight excluding hydrogens is 115 g/mol. The van der Waals surface area contributed by atoms with E-state index < -0.39 is 6.17 Å². The van der Waals surface area contributed by atoms with Crippen LogP contribution in [0.4, 0.5) is 4.39 Å². The third-order valence-corrected chi connectivity index (χ3v) is 1.22. The van der Waals surface area contributed by atoms with Gasteiger partial charge in [0.05, 0.1) is 0 Å². The summed E-state index contributed by atoms with van der Waals surface area (Å²) in [6, 6.07) is 0. The van der Waals surface area contributed by atoms with Crippen molar-refractivity contribution in [2.45, 2.75) is 39.8 Å². The first-order valence-corrected chi connectivity index (χ1v) is 3.44. The van der Waals surface area contributed by atoms with Gasteiger partial charge in [-0.25, -0.2) is 4.39 Å². The first-order chi connectivity index (χ1) is 4.16. The molecule has 0 saturated heterocycles. The van der Waals surface area contributed by atoms with Gasteiger partial charge in [0, 0.05) is 0 Å². The van der Waals surface area contributed by atoms with Gasteiger partial charge in [-0.05, 0) is 26.7 Å². The van der Waals surface area contributed by atoms with Gasteiger partial charge in [-0.1, -0.05) is 18.6 Å². The molecule has 0 fully saturated rings. The normalized spacial score (nSPS) is 12.9. The minimum Gasteiger partial charge on any atom is -0.247 e. The summed E-state index contributed by atoms with van der Waals surface area (Å²) in [4.78, 5) is 0. The lowest BCUT2D eigenvalue weighted by Gasteiger charge is -1.98. The minimum absolute atomic E-state index is 0.582. The first-order valence-electron chi connectivity index (χ1n) is 3.44. The van der Waals surface area contributed by atoms with Crippen LogP contribution < -0.4 is 0 Å². The smallest absolute Gasteiger partial charge is 0.103 e. The summed E-state index contributed by atoms with van der Waals surface area (Å²) in [5.74, 6) is 0. The predicted molar refractivity (Wildman–Crippen MR) is 39.2 cm³/mol. The minimum atomic E-state index is -0.639. The fourth-order valence-electron chi connectivity index (χ4n) is 0.530. The predicted octanol–water partition coefficient (Wildman–Crippen LogP) is 3.09. The SMILES string of the molecule is CCC(F)CC=C(C)C. The molecule has 9 heavy (non-hydrogen) atoms. The van der Waals surface area contributed by atoms with Crippen LogP contribution in [0.15, 0.2) is 11.6 Å². The molecular formula is C8H15F. The third kappa shape index (κ3) is 5.54. The Morgan fingerprint density at radius 3 is 2.44 bits per heavy atom. The highest BCUT2D eigenvalue weighted by Crippen LogP contribution is 2.04. The summed E-state index contributed by atoms with van der Waals surface area (Å²) >= 11 is 0. The fraction of sp³-hybridized carbons (Fsp3) is 0.750. The van der Waals surface area contributed by atoms with E-state index in [1.807, 2.05) is 26.8 Å². The lowest BCUT2D eigenvalue weighted by atomic mass is 10.2. The molecule has 0 aromatic heterocycles. The molecule has 1 heteroatoms. The first kappa shape index (κ1) is 8.67.